The molecule has 1 unspecified atom stereocenters. The second-order valence-electron chi connectivity index (χ2n) is 6.76. The maximum atomic E-state index is 12.8. The lowest BCUT2D eigenvalue weighted by atomic mass is 9.93. The Kier molecular flexibility index (Phi) is 3.27. The van der Waals surface area contributed by atoms with Crippen molar-refractivity contribution in [3.05, 3.63) is 35.4 Å². The summed E-state index contributed by atoms with van der Waals surface area (Å²) in [7, 11) is 0. The molecule has 0 radical (unpaired) electrons. The van der Waals surface area contributed by atoms with Crippen LogP contribution in [0.4, 0.5) is 0 Å². The van der Waals surface area contributed by atoms with Crippen LogP contribution in [0.5, 0.6) is 0 Å². The third-order valence-corrected chi connectivity index (χ3v) is 4.51. The maximum absolute atomic E-state index is 12.8. The first kappa shape index (κ1) is 14.1. The van der Waals surface area contributed by atoms with Crippen LogP contribution in [0.2, 0.25) is 0 Å². The highest BCUT2D eigenvalue weighted by Gasteiger charge is 2.50. The van der Waals surface area contributed by atoms with Gasteiger partial charge in [-0.15, -0.1) is 0 Å². The number of carbonyl (C=O) groups is 2. The lowest BCUT2D eigenvalue weighted by molar-refractivity contribution is -0.155. The third-order valence-electron chi connectivity index (χ3n) is 4.51. The highest BCUT2D eigenvalue weighted by atomic mass is 16.2. The molecule has 0 aromatic heterocycles. The molecule has 2 amide bonds. The summed E-state index contributed by atoms with van der Waals surface area (Å²) in [6.45, 7) is 6.12. The molecule has 1 aliphatic carbocycles. The molecule has 1 N–H and O–H groups in total. The fourth-order valence-corrected chi connectivity index (χ4v) is 3.08. The monoisotopic (exact) mass is 286 g/mol. The van der Waals surface area contributed by atoms with Crippen molar-refractivity contribution >= 4 is 11.8 Å². The van der Waals surface area contributed by atoms with Crippen molar-refractivity contribution in [3.63, 3.8) is 0 Å². The Bertz CT molecular complexity index is 590. The summed E-state index contributed by atoms with van der Waals surface area (Å²) >= 11 is 0. The zero-order chi connectivity index (χ0) is 15.2. The molecule has 1 aromatic rings. The number of carbonyl (C=O) groups excluding carboxylic acids is 2. The van der Waals surface area contributed by atoms with Gasteiger partial charge in [0.15, 0.2) is 0 Å². The van der Waals surface area contributed by atoms with E-state index in [1.807, 2.05) is 31.2 Å². The van der Waals surface area contributed by atoms with Crippen LogP contribution in [-0.2, 0) is 16.1 Å². The lowest BCUT2D eigenvalue weighted by Crippen LogP contribution is -2.68. The molecule has 2 aliphatic rings. The molecule has 1 saturated heterocycles. The van der Waals surface area contributed by atoms with Gasteiger partial charge in [-0.05, 0) is 50.7 Å². The normalized spacial score (nSPS) is 24.9. The van der Waals surface area contributed by atoms with Crippen molar-refractivity contribution in [2.45, 2.75) is 51.7 Å². The van der Waals surface area contributed by atoms with Crippen molar-refractivity contribution in [3.8, 4) is 0 Å². The van der Waals surface area contributed by atoms with Gasteiger partial charge in [0.1, 0.15) is 11.6 Å². The van der Waals surface area contributed by atoms with E-state index in [1.165, 1.54) is 0 Å². The second-order valence-corrected chi connectivity index (χ2v) is 6.76. The fraction of sp³-hybridized carbons (Fsp3) is 0.529. The van der Waals surface area contributed by atoms with Crippen LogP contribution in [0, 0.1) is 12.8 Å². The van der Waals surface area contributed by atoms with Gasteiger partial charge in [0.2, 0.25) is 11.8 Å². The molecule has 4 nitrogen and oxygen atoms in total. The number of amides is 2. The molecular weight excluding hydrogens is 264 g/mol. The molecule has 112 valence electrons. The number of piperazine rings is 1. The number of benzene rings is 1. The van der Waals surface area contributed by atoms with E-state index in [2.05, 4.69) is 5.32 Å². The topological polar surface area (TPSA) is 49.4 Å². The van der Waals surface area contributed by atoms with E-state index in [4.69, 9.17) is 0 Å². The Hall–Kier alpha value is -1.84. The summed E-state index contributed by atoms with van der Waals surface area (Å²) in [5, 5.41) is 2.88. The van der Waals surface area contributed by atoms with Gasteiger partial charge < -0.3 is 10.2 Å². The first-order chi connectivity index (χ1) is 9.90. The minimum absolute atomic E-state index is 0.00400. The summed E-state index contributed by atoms with van der Waals surface area (Å²) in [5.74, 6) is 0.340. The van der Waals surface area contributed by atoms with Crippen molar-refractivity contribution in [2.75, 3.05) is 0 Å². The molecule has 1 aromatic carbocycles. The molecule has 2 fully saturated rings. The predicted octanol–water partition coefficient (Wildman–Crippen LogP) is 2.01. The van der Waals surface area contributed by atoms with Gasteiger partial charge in [-0.1, -0.05) is 24.3 Å². The van der Waals surface area contributed by atoms with Gasteiger partial charge in [0, 0.05) is 6.54 Å². The number of aryl methyl sites for hydroxylation is 1. The highest BCUT2D eigenvalue weighted by Crippen LogP contribution is 2.38. The van der Waals surface area contributed by atoms with Gasteiger partial charge in [-0.25, -0.2) is 0 Å². The lowest BCUT2D eigenvalue weighted by Gasteiger charge is -2.43. The highest BCUT2D eigenvalue weighted by molar-refractivity contribution is 5.99. The Morgan fingerprint density at radius 2 is 1.90 bits per heavy atom. The smallest absolute Gasteiger partial charge is 0.248 e. The zero-order valence-corrected chi connectivity index (χ0v) is 12.8. The molecule has 1 saturated carbocycles. The Balaban J connectivity index is 1.93. The van der Waals surface area contributed by atoms with E-state index >= 15 is 0 Å². The first-order valence-corrected chi connectivity index (χ1v) is 7.58. The quantitative estimate of drug-likeness (QED) is 0.924. The van der Waals surface area contributed by atoms with Crippen molar-refractivity contribution in [2.24, 2.45) is 5.92 Å². The first-order valence-electron chi connectivity index (χ1n) is 7.58. The van der Waals surface area contributed by atoms with Gasteiger partial charge in [-0.2, -0.15) is 0 Å². The number of hydrogen-bond acceptors (Lipinski definition) is 2. The van der Waals surface area contributed by atoms with E-state index < -0.39 is 5.54 Å². The number of nitrogens with one attached hydrogen (secondary N) is 1. The SMILES string of the molecule is Cc1ccccc1CN1C(=O)C(C)(C)NC(=O)C1C1CC1. The summed E-state index contributed by atoms with van der Waals surface area (Å²) in [5.41, 5.74) is 1.45. The molecule has 1 heterocycles. The predicted molar refractivity (Wildman–Crippen MR) is 80.5 cm³/mol. The Labute approximate surface area is 125 Å². The molecule has 1 atom stereocenters. The molecular formula is C17H22N2O2. The molecule has 1 aliphatic heterocycles. The summed E-state index contributed by atoms with van der Waals surface area (Å²) < 4.78 is 0. The largest absolute Gasteiger partial charge is 0.340 e. The van der Waals surface area contributed by atoms with Crippen LogP contribution in [0.15, 0.2) is 24.3 Å². The van der Waals surface area contributed by atoms with Crippen molar-refractivity contribution in [1.82, 2.24) is 10.2 Å². The minimum Gasteiger partial charge on any atom is -0.340 e. The molecule has 3 rings (SSSR count). The van der Waals surface area contributed by atoms with E-state index in [0.717, 1.165) is 24.0 Å². The molecule has 4 heteroatoms. The number of hydrogen-bond donors (Lipinski definition) is 1. The minimum atomic E-state index is -0.814. The number of nitrogens with zero attached hydrogens (tertiary/aromatic N) is 1. The fourth-order valence-electron chi connectivity index (χ4n) is 3.08. The van der Waals surface area contributed by atoms with E-state index in [9.17, 15) is 9.59 Å². The maximum Gasteiger partial charge on any atom is 0.248 e. The average Bonchev–Trinajstić information content (AvgIpc) is 3.22. The van der Waals surface area contributed by atoms with Crippen LogP contribution >= 0.6 is 0 Å². The average molecular weight is 286 g/mol. The van der Waals surface area contributed by atoms with Crippen molar-refractivity contribution < 1.29 is 9.59 Å². The Morgan fingerprint density at radius 3 is 2.52 bits per heavy atom. The summed E-state index contributed by atoms with van der Waals surface area (Å²) in [6.07, 6.45) is 2.08. The van der Waals surface area contributed by atoms with E-state index in [0.29, 0.717) is 12.5 Å². The van der Waals surface area contributed by atoms with Crippen LogP contribution in [0.25, 0.3) is 0 Å². The van der Waals surface area contributed by atoms with Gasteiger partial charge in [-0.3, -0.25) is 9.59 Å². The van der Waals surface area contributed by atoms with Crippen LogP contribution in [0.3, 0.4) is 0 Å². The third kappa shape index (κ3) is 2.55. The van der Waals surface area contributed by atoms with Gasteiger partial charge >= 0.3 is 0 Å². The van der Waals surface area contributed by atoms with E-state index in [1.54, 1.807) is 18.7 Å². The van der Waals surface area contributed by atoms with E-state index in [-0.39, 0.29) is 17.9 Å². The molecule has 0 spiro atoms. The van der Waals surface area contributed by atoms with Crippen LogP contribution in [0.1, 0.15) is 37.8 Å². The summed E-state index contributed by atoms with van der Waals surface area (Å²) in [6, 6.07) is 7.75. The standard InChI is InChI=1S/C17H22N2O2/c1-11-6-4-5-7-13(11)10-19-14(12-8-9-12)15(20)18-17(2,3)16(19)21/h4-7,12,14H,8-10H2,1-3H3,(H,18,20). The van der Waals surface area contributed by atoms with Gasteiger partial charge in [0.25, 0.3) is 0 Å². The summed E-state index contributed by atoms with van der Waals surface area (Å²) in [4.78, 5) is 27.0. The molecule has 21 heavy (non-hydrogen) atoms. The van der Waals surface area contributed by atoms with Crippen molar-refractivity contribution in [1.29, 1.82) is 0 Å². The zero-order valence-electron chi connectivity index (χ0n) is 12.8. The molecule has 0 bridgehead atoms. The number of rotatable bonds is 3. The second kappa shape index (κ2) is 4.86. The van der Waals surface area contributed by atoms with Crippen LogP contribution < -0.4 is 5.32 Å². The Morgan fingerprint density at radius 1 is 1.24 bits per heavy atom. The van der Waals surface area contributed by atoms with Gasteiger partial charge in [0.05, 0.1) is 0 Å². The van der Waals surface area contributed by atoms with Crippen LogP contribution in [-0.4, -0.2) is 28.3 Å².